The fourth-order valence-corrected chi connectivity index (χ4v) is 3.38. The van der Waals surface area contributed by atoms with E-state index in [9.17, 15) is 4.79 Å². The van der Waals surface area contributed by atoms with Crippen molar-refractivity contribution in [1.82, 2.24) is 10.2 Å². The molecule has 1 heterocycles. The Balaban J connectivity index is 1.79. The largest absolute Gasteiger partial charge is 0.328 e. The second kappa shape index (κ2) is 6.05. The van der Waals surface area contributed by atoms with Gasteiger partial charge in [0.15, 0.2) is 0 Å². The van der Waals surface area contributed by atoms with Crippen LogP contribution < -0.4 is 5.32 Å². The highest BCUT2D eigenvalue weighted by Gasteiger charge is 2.34. The van der Waals surface area contributed by atoms with Gasteiger partial charge in [-0.05, 0) is 30.6 Å². The standard InChI is InChI=1S/C15H28N2O/c1-4-12-5-7-13(8-6-12)9-17-10-16-14(11(2)3)15(17)18/h11-14,16H,4-10H2,1-3H3. The Morgan fingerprint density at radius 1 is 1.22 bits per heavy atom. The maximum Gasteiger partial charge on any atom is 0.241 e. The first-order valence-electron chi connectivity index (χ1n) is 7.64. The summed E-state index contributed by atoms with van der Waals surface area (Å²) in [5.74, 6) is 2.41. The molecule has 1 amide bonds. The van der Waals surface area contributed by atoms with E-state index in [1.165, 1.54) is 32.1 Å². The number of rotatable bonds is 4. The van der Waals surface area contributed by atoms with Crippen LogP contribution in [0.15, 0.2) is 0 Å². The molecule has 0 aromatic rings. The van der Waals surface area contributed by atoms with Crippen molar-refractivity contribution in [2.75, 3.05) is 13.2 Å². The van der Waals surface area contributed by atoms with Gasteiger partial charge in [0.1, 0.15) is 0 Å². The third-order valence-corrected chi connectivity index (χ3v) is 4.77. The molecule has 1 saturated carbocycles. The molecule has 104 valence electrons. The van der Waals surface area contributed by atoms with E-state index in [4.69, 9.17) is 0 Å². The second-order valence-corrected chi connectivity index (χ2v) is 6.44. The summed E-state index contributed by atoms with van der Waals surface area (Å²) in [7, 11) is 0. The van der Waals surface area contributed by atoms with Crippen molar-refractivity contribution in [3.63, 3.8) is 0 Å². The quantitative estimate of drug-likeness (QED) is 0.834. The first-order chi connectivity index (χ1) is 8.61. The first-order valence-corrected chi connectivity index (χ1v) is 7.64. The molecule has 3 heteroatoms. The number of nitrogens with one attached hydrogen (secondary N) is 1. The van der Waals surface area contributed by atoms with Gasteiger partial charge in [-0.2, -0.15) is 0 Å². The molecule has 2 rings (SSSR count). The minimum absolute atomic E-state index is 0.0528. The van der Waals surface area contributed by atoms with E-state index in [0.29, 0.717) is 11.8 Å². The molecule has 2 aliphatic rings. The molecule has 0 aromatic heterocycles. The summed E-state index contributed by atoms with van der Waals surface area (Å²) in [5, 5.41) is 3.34. The van der Waals surface area contributed by atoms with Gasteiger partial charge in [-0.25, -0.2) is 0 Å². The summed E-state index contributed by atoms with van der Waals surface area (Å²) < 4.78 is 0. The van der Waals surface area contributed by atoms with Crippen LogP contribution in [0.4, 0.5) is 0 Å². The number of hydrogen-bond donors (Lipinski definition) is 1. The van der Waals surface area contributed by atoms with Crippen molar-refractivity contribution < 1.29 is 4.79 Å². The molecule has 18 heavy (non-hydrogen) atoms. The molecule has 1 atom stereocenters. The van der Waals surface area contributed by atoms with Crippen LogP contribution in [-0.2, 0) is 4.79 Å². The summed E-state index contributed by atoms with van der Waals surface area (Å²) in [6.07, 6.45) is 6.68. The summed E-state index contributed by atoms with van der Waals surface area (Å²) in [6.45, 7) is 8.27. The maximum atomic E-state index is 12.2. The number of nitrogens with zero attached hydrogens (tertiary/aromatic N) is 1. The predicted octanol–water partition coefficient (Wildman–Crippen LogP) is 2.62. The lowest BCUT2D eigenvalue weighted by Crippen LogP contribution is -2.37. The van der Waals surface area contributed by atoms with Crippen LogP contribution in [0.3, 0.4) is 0 Å². The summed E-state index contributed by atoms with van der Waals surface area (Å²) in [4.78, 5) is 14.2. The fraction of sp³-hybridized carbons (Fsp3) is 0.933. The minimum atomic E-state index is 0.0528. The molecule has 1 N–H and O–H groups in total. The molecule has 1 saturated heterocycles. The summed E-state index contributed by atoms with van der Waals surface area (Å²) in [5.41, 5.74) is 0. The van der Waals surface area contributed by atoms with Crippen LogP contribution in [0.2, 0.25) is 0 Å². The Bertz CT molecular complexity index is 282. The number of carbonyl (C=O) groups excluding carboxylic acids is 1. The van der Waals surface area contributed by atoms with Crippen LogP contribution in [0, 0.1) is 17.8 Å². The van der Waals surface area contributed by atoms with E-state index in [1.54, 1.807) is 0 Å². The zero-order valence-corrected chi connectivity index (χ0v) is 12.1. The molecule has 0 radical (unpaired) electrons. The molecular weight excluding hydrogens is 224 g/mol. The highest BCUT2D eigenvalue weighted by molar-refractivity contribution is 5.84. The number of carbonyl (C=O) groups is 1. The van der Waals surface area contributed by atoms with Crippen molar-refractivity contribution in [3.8, 4) is 0 Å². The van der Waals surface area contributed by atoms with Gasteiger partial charge < -0.3 is 4.90 Å². The zero-order valence-electron chi connectivity index (χ0n) is 12.1. The summed E-state index contributed by atoms with van der Waals surface area (Å²) in [6, 6.07) is 0.0528. The third kappa shape index (κ3) is 3.05. The zero-order chi connectivity index (χ0) is 13.1. The van der Waals surface area contributed by atoms with Gasteiger partial charge in [-0.15, -0.1) is 0 Å². The van der Waals surface area contributed by atoms with Gasteiger partial charge in [0.05, 0.1) is 12.7 Å². The van der Waals surface area contributed by atoms with Crippen molar-refractivity contribution in [2.24, 2.45) is 17.8 Å². The fourth-order valence-electron chi connectivity index (χ4n) is 3.38. The van der Waals surface area contributed by atoms with E-state index in [1.807, 2.05) is 4.90 Å². The normalized spacial score (nSPS) is 33.4. The van der Waals surface area contributed by atoms with Crippen molar-refractivity contribution >= 4 is 5.91 Å². The minimum Gasteiger partial charge on any atom is -0.328 e. The average Bonchev–Trinajstić information content (AvgIpc) is 2.72. The molecule has 2 fully saturated rings. The van der Waals surface area contributed by atoms with E-state index in [0.717, 1.165) is 25.0 Å². The molecule has 0 aromatic carbocycles. The monoisotopic (exact) mass is 252 g/mol. The molecule has 0 spiro atoms. The molecular formula is C15H28N2O. The van der Waals surface area contributed by atoms with Crippen LogP contribution in [0.25, 0.3) is 0 Å². The lowest BCUT2D eigenvalue weighted by atomic mass is 9.80. The van der Waals surface area contributed by atoms with E-state index < -0.39 is 0 Å². The van der Waals surface area contributed by atoms with Crippen LogP contribution in [0.1, 0.15) is 52.9 Å². The number of amides is 1. The second-order valence-electron chi connectivity index (χ2n) is 6.44. The van der Waals surface area contributed by atoms with Crippen molar-refractivity contribution in [2.45, 2.75) is 58.9 Å². The van der Waals surface area contributed by atoms with E-state index in [-0.39, 0.29) is 6.04 Å². The topological polar surface area (TPSA) is 32.3 Å². The highest BCUT2D eigenvalue weighted by Crippen LogP contribution is 2.31. The van der Waals surface area contributed by atoms with E-state index in [2.05, 4.69) is 26.1 Å². The SMILES string of the molecule is CCC1CCC(CN2CNC(C(C)C)C2=O)CC1. The van der Waals surface area contributed by atoms with E-state index >= 15 is 0 Å². The number of hydrogen-bond acceptors (Lipinski definition) is 2. The Labute approximate surface area is 111 Å². The molecule has 0 bridgehead atoms. The Morgan fingerprint density at radius 3 is 2.33 bits per heavy atom. The Morgan fingerprint density at radius 2 is 1.83 bits per heavy atom. The predicted molar refractivity (Wildman–Crippen MR) is 74.1 cm³/mol. The van der Waals surface area contributed by atoms with Crippen molar-refractivity contribution in [3.05, 3.63) is 0 Å². The molecule has 1 unspecified atom stereocenters. The Kier molecular flexibility index (Phi) is 4.66. The third-order valence-electron chi connectivity index (χ3n) is 4.77. The van der Waals surface area contributed by atoms with Gasteiger partial charge in [0, 0.05) is 6.54 Å². The Hall–Kier alpha value is -0.570. The summed E-state index contributed by atoms with van der Waals surface area (Å²) >= 11 is 0. The average molecular weight is 252 g/mol. The van der Waals surface area contributed by atoms with Gasteiger partial charge in [0.25, 0.3) is 0 Å². The lowest BCUT2D eigenvalue weighted by Gasteiger charge is -2.30. The van der Waals surface area contributed by atoms with Crippen LogP contribution >= 0.6 is 0 Å². The van der Waals surface area contributed by atoms with Crippen molar-refractivity contribution in [1.29, 1.82) is 0 Å². The first kappa shape index (κ1) is 13.9. The maximum absolute atomic E-state index is 12.2. The van der Waals surface area contributed by atoms with Gasteiger partial charge in [-0.1, -0.05) is 40.0 Å². The van der Waals surface area contributed by atoms with Crippen LogP contribution in [0.5, 0.6) is 0 Å². The molecule has 1 aliphatic carbocycles. The lowest BCUT2D eigenvalue weighted by molar-refractivity contribution is -0.130. The van der Waals surface area contributed by atoms with Gasteiger partial charge in [-0.3, -0.25) is 10.1 Å². The molecule has 3 nitrogen and oxygen atoms in total. The van der Waals surface area contributed by atoms with Gasteiger partial charge in [0.2, 0.25) is 5.91 Å². The van der Waals surface area contributed by atoms with Crippen LogP contribution in [-0.4, -0.2) is 30.1 Å². The molecule has 1 aliphatic heterocycles. The highest BCUT2D eigenvalue weighted by atomic mass is 16.2. The smallest absolute Gasteiger partial charge is 0.241 e. The van der Waals surface area contributed by atoms with Gasteiger partial charge >= 0.3 is 0 Å².